The molecule has 2 aliphatic rings. The van der Waals surface area contributed by atoms with Crippen LogP contribution in [0, 0.1) is 12.8 Å². The van der Waals surface area contributed by atoms with Crippen molar-refractivity contribution in [3.63, 3.8) is 0 Å². The van der Waals surface area contributed by atoms with Gasteiger partial charge in [0.15, 0.2) is 5.78 Å². The zero-order valence-electron chi connectivity index (χ0n) is 11.8. The zero-order valence-corrected chi connectivity index (χ0v) is 14.5. The summed E-state index contributed by atoms with van der Waals surface area (Å²) < 4.78 is 0.988. The molecule has 3 rings (SSSR count). The zero-order chi connectivity index (χ0) is 14.9. The molecule has 1 aromatic rings. The van der Waals surface area contributed by atoms with Gasteiger partial charge >= 0.3 is 0 Å². The summed E-state index contributed by atoms with van der Waals surface area (Å²) in [6, 6.07) is 7.80. The van der Waals surface area contributed by atoms with E-state index in [1.165, 1.54) is 0 Å². The van der Waals surface area contributed by atoms with Crippen LogP contribution in [0.3, 0.4) is 0 Å². The average molecular weight is 395 g/mol. The van der Waals surface area contributed by atoms with Crippen molar-refractivity contribution in [1.29, 1.82) is 0 Å². The van der Waals surface area contributed by atoms with Gasteiger partial charge in [0.05, 0.1) is 0 Å². The van der Waals surface area contributed by atoms with E-state index in [4.69, 9.17) is 0 Å². The van der Waals surface area contributed by atoms with Crippen molar-refractivity contribution < 1.29 is 21.9 Å². The molecular weight excluding hydrogens is 380 g/mol. The first-order valence-electron chi connectivity index (χ1n) is 6.63. The molecule has 1 nitrogen and oxygen atoms in total. The molecule has 22 heavy (non-hydrogen) atoms. The van der Waals surface area contributed by atoms with Gasteiger partial charge in [-0.1, -0.05) is 76.7 Å². The molecule has 0 aliphatic heterocycles. The minimum absolute atomic E-state index is 0. The fraction of sp³-hybridized carbons (Fsp3) is 0. The summed E-state index contributed by atoms with van der Waals surface area (Å²) in [6.45, 7) is 0. The van der Waals surface area contributed by atoms with E-state index in [0.29, 0.717) is 0 Å². The Bertz CT molecular complexity index is 641. The molecule has 0 amide bonds. The van der Waals surface area contributed by atoms with Crippen LogP contribution in [-0.2, 0) is 21.9 Å². The van der Waals surface area contributed by atoms with E-state index >= 15 is 0 Å². The molecule has 0 heterocycles. The van der Waals surface area contributed by atoms with Crippen molar-refractivity contribution >= 4 is 27.8 Å². The van der Waals surface area contributed by atoms with E-state index in [-0.39, 0.29) is 22.9 Å². The molecule has 2 radical (unpaired) electrons. The molecule has 0 N–H and O–H groups in total. The minimum atomic E-state index is 0. The first kappa shape index (κ1) is 18.6. The second-order valence-corrected chi connectivity index (χ2v) is 5.21. The third kappa shape index (κ3) is 6.15. The van der Waals surface area contributed by atoms with Crippen LogP contribution < -0.4 is 0 Å². The Morgan fingerprint density at radius 3 is 2.23 bits per heavy atom. The molecule has 0 saturated heterocycles. The third-order valence-electron chi connectivity index (χ3n) is 2.82. The number of benzene rings is 1. The molecule has 0 atom stereocenters. The molecule has 0 aromatic heterocycles. The van der Waals surface area contributed by atoms with Gasteiger partial charge in [-0.2, -0.15) is 0 Å². The topological polar surface area (TPSA) is 17.1 Å². The summed E-state index contributed by atoms with van der Waals surface area (Å²) in [4.78, 5) is 11.7. The van der Waals surface area contributed by atoms with E-state index in [1.54, 1.807) is 6.08 Å². The predicted octanol–water partition coefficient (Wildman–Crippen LogP) is 5.05. The van der Waals surface area contributed by atoms with Gasteiger partial charge in [-0.05, 0) is 23.8 Å². The number of hydrogen-bond donors (Lipinski definition) is 0. The third-order valence-corrected chi connectivity index (χ3v) is 3.54. The number of allylic oxidation sites excluding steroid dienone is 9. The van der Waals surface area contributed by atoms with E-state index in [9.17, 15) is 4.79 Å². The summed E-state index contributed by atoms with van der Waals surface area (Å²) in [6.07, 6.45) is 20.8. The van der Waals surface area contributed by atoms with Crippen LogP contribution in [0.2, 0.25) is 0 Å². The first-order valence-corrected chi connectivity index (χ1v) is 7.42. The first-order chi connectivity index (χ1) is 10.3. The Morgan fingerprint density at radius 2 is 1.68 bits per heavy atom. The molecule has 0 bridgehead atoms. The van der Waals surface area contributed by atoms with E-state index in [0.717, 1.165) is 15.6 Å². The van der Waals surface area contributed by atoms with Crippen molar-refractivity contribution in [3.8, 4) is 0 Å². The molecule has 0 unspecified atom stereocenters. The number of carbonyl (C=O) groups is 1. The normalized spacial score (nSPS) is 14.5. The monoisotopic (exact) mass is 394 g/mol. The maximum atomic E-state index is 11.7. The molecule has 2 aliphatic carbocycles. The Labute approximate surface area is 150 Å². The fourth-order valence-electron chi connectivity index (χ4n) is 1.73. The van der Waals surface area contributed by atoms with Gasteiger partial charge in [0.2, 0.25) is 0 Å². The number of hydrogen-bond acceptors (Lipinski definition) is 1. The number of rotatable bonds is 3. The quantitative estimate of drug-likeness (QED) is 0.518. The number of halogens is 1. The fourth-order valence-corrected chi connectivity index (χ4v) is 2.15. The smallest absolute Gasteiger partial charge is 0.185 e. The van der Waals surface area contributed by atoms with E-state index < -0.39 is 0 Å². The van der Waals surface area contributed by atoms with E-state index in [1.807, 2.05) is 85.7 Å². The van der Waals surface area contributed by atoms with E-state index in [2.05, 4.69) is 15.9 Å². The number of carbonyl (C=O) groups excluding carboxylic acids is 1. The summed E-state index contributed by atoms with van der Waals surface area (Å²) in [7, 11) is 0. The molecule has 0 fully saturated rings. The Morgan fingerprint density at radius 1 is 0.955 bits per heavy atom. The van der Waals surface area contributed by atoms with Gasteiger partial charge in [-0.25, -0.2) is 0 Å². The van der Waals surface area contributed by atoms with Crippen molar-refractivity contribution in [3.05, 3.63) is 101 Å². The molecular formula is C19H15BrFeO. The summed E-state index contributed by atoms with van der Waals surface area (Å²) in [5.74, 6) is 0.0285. The van der Waals surface area contributed by atoms with Gasteiger partial charge in [0.25, 0.3) is 0 Å². The molecule has 0 spiro atoms. The summed E-state index contributed by atoms with van der Waals surface area (Å²) >= 11 is 3.43. The van der Waals surface area contributed by atoms with Crippen LogP contribution in [0.4, 0.5) is 0 Å². The average Bonchev–Trinajstić information content (AvgIpc) is 3.21. The Hall–Kier alpha value is -1.41. The molecule has 1 aromatic carbocycles. The van der Waals surface area contributed by atoms with Gasteiger partial charge in [0, 0.05) is 40.0 Å². The van der Waals surface area contributed by atoms with Crippen molar-refractivity contribution in [2.75, 3.05) is 0 Å². The Balaban J connectivity index is 0.000000344. The SMILES string of the molecule is O=C(/C=C/c1ccccc1Br)C1=C[CH]C=C1.[CH]1C=CC=C1.[Fe]. The van der Waals surface area contributed by atoms with Gasteiger partial charge in [-0.3, -0.25) is 4.79 Å². The van der Waals surface area contributed by atoms with Crippen LogP contribution in [0.1, 0.15) is 5.56 Å². The van der Waals surface area contributed by atoms with Crippen LogP contribution in [0.15, 0.2) is 82.9 Å². The van der Waals surface area contributed by atoms with Crippen molar-refractivity contribution in [2.45, 2.75) is 0 Å². The standard InChI is InChI=1S/C14H10BrO.C5H5.Fe/c15-13-8-4-3-5-11(13)9-10-14(16)12-6-1-2-7-12;1-2-4-5-3-1;/h1-10H;1-5H;/b10-9+;;. The largest absolute Gasteiger partial charge is 0.289 e. The molecule has 3 heteroatoms. The summed E-state index contributed by atoms with van der Waals surface area (Å²) in [5.41, 5.74) is 1.73. The van der Waals surface area contributed by atoms with Crippen LogP contribution in [0.25, 0.3) is 6.08 Å². The van der Waals surface area contributed by atoms with Crippen molar-refractivity contribution in [1.82, 2.24) is 0 Å². The summed E-state index contributed by atoms with van der Waals surface area (Å²) in [5, 5.41) is 0. The molecule has 112 valence electrons. The number of ketones is 1. The van der Waals surface area contributed by atoms with Gasteiger partial charge < -0.3 is 0 Å². The minimum Gasteiger partial charge on any atom is -0.289 e. The van der Waals surface area contributed by atoms with Crippen LogP contribution in [0.5, 0.6) is 0 Å². The van der Waals surface area contributed by atoms with Gasteiger partial charge in [0.1, 0.15) is 0 Å². The van der Waals surface area contributed by atoms with Crippen LogP contribution in [-0.4, -0.2) is 5.78 Å². The Kier molecular flexibility index (Phi) is 8.76. The maximum absolute atomic E-state index is 11.7. The second kappa shape index (κ2) is 10.3. The van der Waals surface area contributed by atoms with Crippen molar-refractivity contribution in [2.24, 2.45) is 0 Å². The predicted molar refractivity (Wildman–Crippen MR) is 92.3 cm³/mol. The second-order valence-electron chi connectivity index (χ2n) is 4.35. The molecule has 0 saturated carbocycles. The van der Waals surface area contributed by atoms with Crippen LogP contribution >= 0.6 is 15.9 Å². The maximum Gasteiger partial charge on any atom is 0.185 e. The van der Waals surface area contributed by atoms with Gasteiger partial charge in [-0.15, -0.1) is 0 Å².